The normalized spacial score (nSPS) is 21.7. The number of rotatable bonds is 2. The van der Waals surface area contributed by atoms with Gasteiger partial charge in [-0.25, -0.2) is 0 Å². The van der Waals surface area contributed by atoms with Crippen molar-refractivity contribution in [2.45, 2.75) is 19.8 Å². The number of nitrogens with zero attached hydrogens (tertiary/aromatic N) is 2. The van der Waals surface area contributed by atoms with Crippen LogP contribution in [0.2, 0.25) is 5.02 Å². The predicted molar refractivity (Wildman–Crippen MR) is 75.0 cm³/mol. The first kappa shape index (κ1) is 13.9. The average Bonchev–Trinajstić information content (AvgIpc) is 2.46. The van der Waals surface area contributed by atoms with Gasteiger partial charge in [0.15, 0.2) is 0 Å². The molecule has 102 valence electrons. The molecule has 0 radical (unpaired) electrons. The summed E-state index contributed by atoms with van der Waals surface area (Å²) in [7, 11) is 0. The van der Waals surface area contributed by atoms with Crippen molar-refractivity contribution < 1.29 is 10.0 Å². The predicted octanol–water partition coefficient (Wildman–Crippen LogP) is 3.04. The number of carbonyl (C=O) groups is 1. The molecule has 4 nitrogen and oxygen atoms in total. The highest BCUT2D eigenvalue weighted by atomic mass is 35.5. The van der Waals surface area contributed by atoms with Gasteiger partial charge in [-0.2, -0.15) is 0 Å². The van der Waals surface area contributed by atoms with Gasteiger partial charge < -0.3 is 10.1 Å². The lowest BCUT2D eigenvalue weighted by Gasteiger charge is -2.32. The van der Waals surface area contributed by atoms with E-state index in [1.807, 2.05) is 11.8 Å². The van der Waals surface area contributed by atoms with Crippen LogP contribution in [0.1, 0.15) is 30.1 Å². The van der Waals surface area contributed by atoms with E-state index in [0.29, 0.717) is 30.1 Å². The summed E-state index contributed by atoms with van der Waals surface area (Å²) in [6.07, 6.45) is 1.50. The molecule has 0 aromatic heterocycles. The van der Waals surface area contributed by atoms with Gasteiger partial charge in [-0.1, -0.05) is 23.7 Å². The van der Waals surface area contributed by atoms with Crippen LogP contribution in [0.15, 0.2) is 29.4 Å². The second-order valence-corrected chi connectivity index (χ2v) is 5.14. The second-order valence-electron chi connectivity index (χ2n) is 4.70. The lowest BCUT2D eigenvalue weighted by molar-refractivity contribution is 0.0729. The van der Waals surface area contributed by atoms with Crippen molar-refractivity contribution in [3.8, 4) is 0 Å². The molecule has 1 unspecified atom stereocenters. The molecule has 1 heterocycles. The molecule has 1 fully saturated rings. The third-order valence-corrected chi connectivity index (χ3v) is 3.80. The maximum Gasteiger partial charge on any atom is 0.253 e. The van der Waals surface area contributed by atoms with Crippen molar-refractivity contribution in [2.24, 2.45) is 11.1 Å². The number of carbonyl (C=O) groups excluding carboxylic acids is 1. The molecule has 1 aliphatic rings. The van der Waals surface area contributed by atoms with Crippen molar-refractivity contribution in [3.63, 3.8) is 0 Å². The van der Waals surface area contributed by atoms with Gasteiger partial charge >= 0.3 is 0 Å². The summed E-state index contributed by atoms with van der Waals surface area (Å²) in [6.45, 7) is 3.24. The molecule has 1 N–H and O–H groups in total. The van der Waals surface area contributed by atoms with E-state index >= 15 is 0 Å². The van der Waals surface area contributed by atoms with Crippen molar-refractivity contribution in [1.82, 2.24) is 4.90 Å². The molecule has 2 rings (SSSR count). The van der Waals surface area contributed by atoms with Crippen LogP contribution in [-0.2, 0) is 0 Å². The monoisotopic (exact) mass is 280 g/mol. The molecule has 5 heteroatoms. The minimum atomic E-state index is 0.00658. The van der Waals surface area contributed by atoms with Crippen LogP contribution in [0.25, 0.3) is 0 Å². The summed E-state index contributed by atoms with van der Waals surface area (Å²) in [4.78, 5) is 14.2. The van der Waals surface area contributed by atoms with Crippen molar-refractivity contribution in [2.75, 3.05) is 13.1 Å². The van der Waals surface area contributed by atoms with Crippen LogP contribution in [0.3, 0.4) is 0 Å². The third-order valence-electron chi connectivity index (χ3n) is 3.55. The molecule has 0 aliphatic carbocycles. The molecular formula is C14H17ClN2O2. The zero-order valence-corrected chi connectivity index (χ0v) is 11.6. The molecule has 1 aliphatic heterocycles. The molecule has 0 saturated carbocycles. The number of oxime groups is 1. The third kappa shape index (κ3) is 3.07. The first-order valence-corrected chi connectivity index (χ1v) is 6.79. The van der Waals surface area contributed by atoms with Gasteiger partial charge in [0, 0.05) is 36.0 Å². The molecule has 1 atom stereocenters. The standard InChI is InChI=1S/C14H17ClN2O2/c1-2-10-9-17(8-7-13(10)16-19)14(18)11-3-5-12(15)6-4-11/h3-6,10,19H,2,7-9H2,1H3/b16-13+. The Kier molecular flexibility index (Phi) is 4.43. The maximum absolute atomic E-state index is 12.3. The van der Waals surface area contributed by atoms with Crippen LogP contribution >= 0.6 is 11.6 Å². The summed E-state index contributed by atoms with van der Waals surface area (Å²) in [5, 5.41) is 12.9. The van der Waals surface area contributed by atoms with Crippen LogP contribution in [0.5, 0.6) is 0 Å². The molecule has 0 bridgehead atoms. The Bertz CT molecular complexity index is 485. The number of amides is 1. The smallest absolute Gasteiger partial charge is 0.253 e. The highest BCUT2D eigenvalue weighted by Crippen LogP contribution is 2.20. The van der Waals surface area contributed by atoms with E-state index in [2.05, 4.69) is 5.16 Å². The Balaban J connectivity index is 2.10. The van der Waals surface area contributed by atoms with Gasteiger partial charge in [-0.05, 0) is 30.7 Å². The van der Waals surface area contributed by atoms with Gasteiger partial charge in [-0.3, -0.25) is 4.79 Å². The van der Waals surface area contributed by atoms with Crippen molar-refractivity contribution in [3.05, 3.63) is 34.9 Å². The molecule has 19 heavy (non-hydrogen) atoms. The minimum Gasteiger partial charge on any atom is -0.411 e. The fourth-order valence-corrected chi connectivity index (χ4v) is 2.50. The SMILES string of the molecule is CCC1CN(C(=O)c2ccc(Cl)cc2)CC/C1=N\O. The van der Waals surface area contributed by atoms with Crippen LogP contribution in [0.4, 0.5) is 0 Å². The van der Waals surface area contributed by atoms with E-state index in [4.69, 9.17) is 16.8 Å². The maximum atomic E-state index is 12.3. The Morgan fingerprint density at radius 2 is 2.16 bits per heavy atom. The Labute approximate surface area is 117 Å². The van der Waals surface area contributed by atoms with E-state index in [9.17, 15) is 4.79 Å². The van der Waals surface area contributed by atoms with E-state index in [1.165, 1.54) is 0 Å². The second kappa shape index (κ2) is 6.06. The van der Waals surface area contributed by atoms with Gasteiger partial charge in [0.05, 0.1) is 5.71 Å². The zero-order chi connectivity index (χ0) is 13.8. The lowest BCUT2D eigenvalue weighted by Crippen LogP contribution is -2.44. The molecule has 1 saturated heterocycles. The summed E-state index contributed by atoms with van der Waals surface area (Å²) < 4.78 is 0. The van der Waals surface area contributed by atoms with E-state index in [1.54, 1.807) is 24.3 Å². The van der Waals surface area contributed by atoms with Crippen LogP contribution in [0, 0.1) is 5.92 Å². The highest BCUT2D eigenvalue weighted by Gasteiger charge is 2.28. The molecule has 1 aromatic rings. The van der Waals surface area contributed by atoms with Crippen molar-refractivity contribution in [1.29, 1.82) is 0 Å². The van der Waals surface area contributed by atoms with Gasteiger partial charge in [0.1, 0.15) is 0 Å². The summed E-state index contributed by atoms with van der Waals surface area (Å²) in [5.74, 6) is 0.155. The topological polar surface area (TPSA) is 52.9 Å². The summed E-state index contributed by atoms with van der Waals surface area (Å²) in [6, 6.07) is 6.91. The number of likely N-dealkylation sites (tertiary alicyclic amines) is 1. The summed E-state index contributed by atoms with van der Waals surface area (Å²) >= 11 is 5.82. The number of piperidine rings is 1. The zero-order valence-electron chi connectivity index (χ0n) is 10.8. The largest absolute Gasteiger partial charge is 0.411 e. The number of halogens is 1. The van der Waals surface area contributed by atoms with Gasteiger partial charge in [-0.15, -0.1) is 0 Å². The van der Waals surface area contributed by atoms with Gasteiger partial charge in [0.2, 0.25) is 0 Å². The quantitative estimate of drug-likeness (QED) is 0.669. The highest BCUT2D eigenvalue weighted by molar-refractivity contribution is 6.30. The van der Waals surface area contributed by atoms with Crippen LogP contribution in [-0.4, -0.2) is 34.8 Å². The number of hydrogen-bond donors (Lipinski definition) is 1. The van der Waals surface area contributed by atoms with E-state index in [0.717, 1.165) is 12.1 Å². The Hall–Kier alpha value is -1.55. The number of hydrogen-bond acceptors (Lipinski definition) is 3. The Morgan fingerprint density at radius 1 is 1.47 bits per heavy atom. The molecule has 0 spiro atoms. The average molecular weight is 281 g/mol. The van der Waals surface area contributed by atoms with E-state index in [-0.39, 0.29) is 11.8 Å². The van der Waals surface area contributed by atoms with Gasteiger partial charge in [0.25, 0.3) is 5.91 Å². The first-order valence-electron chi connectivity index (χ1n) is 6.41. The first-order chi connectivity index (χ1) is 9.15. The fourth-order valence-electron chi connectivity index (χ4n) is 2.37. The Morgan fingerprint density at radius 3 is 2.74 bits per heavy atom. The number of benzene rings is 1. The van der Waals surface area contributed by atoms with E-state index < -0.39 is 0 Å². The van der Waals surface area contributed by atoms with Crippen LogP contribution < -0.4 is 0 Å². The lowest BCUT2D eigenvalue weighted by atomic mass is 9.93. The molecular weight excluding hydrogens is 264 g/mol. The van der Waals surface area contributed by atoms with Crippen molar-refractivity contribution >= 4 is 23.2 Å². The summed E-state index contributed by atoms with van der Waals surface area (Å²) in [5.41, 5.74) is 1.44. The minimum absolute atomic E-state index is 0.00658. The molecule has 1 aromatic carbocycles. The molecule has 1 amide bonds. The fraction of sp³-hybridized carbons (Fsp3) is 0.429.